The third-order valence-corrected chi connectivity index (χ3v) is 6.77. The van der Waals surface area contributed by atoms with Gasteiger partial charge in [-0.25, -0.2) is 9.97 Å². The fraction of sp³-hybridized carbons (Fsp3) is 0.478. The molecule has 10 heteroatoms. The van der Waals surface area contributed by atoms with Gasteiger partial charge in [-0.1, -0.05) is 6.92 Å². The summed E-state index contributed by atoms with van der Waals surface area (Å²) in [6.07, 6.45) is 0.626. The predicted octanol–water partition coefficient (Wildman–Crippen LogP) is 1.95. The van der Waals surface area contributed by atoms with Crippen LogP contribution in [0, 0.1) is 6.92 Å². The van der Waals surface area contributed by atoms with Crippen LogP contribution < -0.4 is 15.8 Å². The van der Waals surface area contributed by atoms with Crippen LogP contribution in [0.3, 0.4) is 0 Å². The molecule has 0 unspecified atom stereocenters. The van der Waals surface area contributed by atoms with Gasteiger partial charge in [0.2, 0.25) is 0 Å². The van der Waals surface area contributed by atoms with E-state index in [0.29, 0.717) is 31.0 Å². The van der Waals surface area contributed by atoms with E-state index in [4.69, 9.17) is 4.74 Å². The summed E-state index contributed by atoms with van der Waals surface area (Å²) in [6.45, 7) is 8.93. The van der Waals surface area contributed by atoms with Gasteiger partial charge in [-0.05, 0) is 31.5 Å². The molecule has 1 saturated heterocycles. The lowest BCUT2D eigenvalue weighted by molar-refractivity contribution is 0.0932. The average Bonchev–Trinajstić information content (AvgIpc) is 3.20. The molecule has 0 saturated carbocycles. The van der Waals surface area contributed by atoms with Gasteiger partial charge < -0.3 is 19.9 Å². The van der Waals surface area contributed by atoms with Gasteiger partial charge in [0.1, 0.15) is 10.5 Å². The molecule has 4 heterocycles. The molecule has 0 atom stereocenters. The number of aromatic amines is 1. The highest BCUT2D eigenvalue weighted by Gasteiger charge is 2.23. The first-order valence-corrected chi connectivity index (χ1v) is 12.0. The molecule has 1 aliphatic heterocycles. The highest BCUT2D eigenvalue weighted by atomic mass is 32.1. The van der Waals surface area contributed by atoms with Crippen molar-refractivity contribution >= 4 is 33.3 Å². The van der Waals surface area contributed by atoms with E-state index in [1.807, 2.05) is 32.0 Å². The molecular weight excluding hydrogens is 440 g/mol. The Morgan fingerprint density at radius 1 is 1.24 bits per heavy atom. The number of H-pyrrole nitrogens is 1. The van der Waals surface area contributed by atoms with Crippen molar-refractivity contribution in [2.24, 2.45) is 0 Å². The highest BCUT2D eigenvalue weighted by molar-refractivity contribution is 7.18. The Labute approximate surface area is 196 Å². The Kier molecular flexibility index (Phi) is 7.36. The summed E-state index contributed by atoms with van der Waals surface area (Å²) in [4.78, 5) is 43.4. The number of carbonyl (C=O) groups is 1. The Morgan fingerprint density at radius 2 is 2.03 bits per heavy atom. The smallest absolute Gasteiger partial charge is 0.272 e. The first kappa shape index (κ1) is 23.3. The highest BCUT2D eigenvalue weighted by Crippen LogP contribution is 2.25. The van der Waals surface area contributed by atoms with Crippen molar-refractivity contribution in [2.45, 2.75) is 26.8 Å². The Balaban J connectivity index is 1.41. The van der Waals surface area contributed by atoms with Crippen LogP contribution in [0.1, 0.15) is 33.7 Å². The predicted molar refractivity (Wildman–Crippen MR) is 130 cm³/mol. The van der Waals surface area contributed by atoms with Crippen molar-refractivity contribution < 1.29 is 9.53 Å². The molecule has 0 radical (unpaired) electrons. The number of piperazine rings is 1. The van der Waals surface area contributed by atoms with Gasteiger partial charge in [0.05, 0.1) is 17.8 Å². The van der Waals surface area contributed by atoms with E-state index < -0.39 is 0 Å². The molecule has 3 aromatic heterocycles. The van der Waals surface area contributed by atoms with Gasteiger partial charge in [-0.3, -0.25) is 14.5 Å². The maximum absolute atomic E-state index is 12.7. The van der Waals surface area contributed by atoms with E-state index in [1.165, 1.54) is 4.88 Å². The molecule has 3 aromatic rings. The van der Waals surface area contributed by atoms with Crippen molar-refractivity contribution in [3.8, 4) is 0 Å². The van der Waals surface area contributed by atoms with Crippen LogP contribution in [0.15, 0.2) is 23.0 Å². The summed E-state index contributed by atoms with van der Waals surface area (Å²) < 4.78 is 5.02. The van der Waals surface area contributed by atoms with E-state index in [1.54, 1.807) is 18.4 Å². The van der Waals surface area contributed by atoms with E-state index >= 15 is 0 Å². The summed E-state index contributed by atoms with van der Waals surface area (Å²) in [5.41, 5.74) is 3.44. The van der Waals surface area contributed by atoms with Gasteiger partial charge in [-0.2, -0.15) is 0 Å². The van der Waals surface area contributed by atoms with E-state index in [2.05, 4.69) is 30.1 Å². The number of nitrogens with zero attached hydrogens (tertiary/aromatic N) is 4. The number of aromatic nitrogens is 3. The molecule has 0 bridgehead atoms. The number of hydrogen-bond donors (Lipinski definition) is 2. The maximum atomic E-state index is 12.7. The monoisotopic (exact) mass is 470 g/mol. The molecule has 0 aliphatic carbocycles. The Morgan fingerprint density at radius 3 is 2.76 bits per heavy atom. The van der Waals surface area contributed by atoms with Crippen LogP contribution in [-0.2, 0) is 17.7 Å². The van der Waals surface area contributed by atoms with Crippen LogP contribution in [0.5, 0.6) is 0 Å². The fourth-order valence-corrected chi connectivity index (χ4v) is 5.03. The molecule has 2 N–H and O–H groups in total. The number of pyridine rings is 1. The van der Waals surface area contributed by atoms with E-state index in [9.17, 15) is 9.59 Å². The standard InChI is InChI=1S/C23H30N6O3S/c1-4-17-21(30)26-18-13-16(33-23(18)27-17)14-28-8-10-29(11-9-28)19-6-5-15(2)25-20(19)22(31)24-7-12-32-3/h5-6,13H,4,7-12,14H2,1-3H3,(H,24,31)(H,26,30). The number of aryl methyl sites for hydroxylation is 2. The van der Waals surface area contributed by atoms with Gasteiger partial charge >= 0.3 is 0 Å². The van der Waals surface area contributed by atoms with Crippen molar-refractivity contribution in [1.29, 1.82) is 0 Å². The minimum Gasteiger partial charge on any atom is -0.383 e. The lowest BCUT2D eigenvalue weighted by atomic mass is 10.2. The van der Waals surface area contributed by atoms with Gasteiger partial charge in [0, 0.05) is 56.9 Å². The maximum Gasteiger partial charge on any atom is 0.272 e. The van der Waals surface area contributed by atoms with Gasteiger partial charge in [0.15, 0.2) is 5.69 Å². The van der Waals surface area contributed by atoms with Crippen LogP contribution in [-0.4, -0.2) is 72.2 Å². The van der Waals surface area contributed by atoms with Crippen molar-refractivity contribution in [3.63, 3.8) is 0 Å². The zero-order valence-corrected chi connectivity index (χ0v) is 20.1. The largest absolute Gasteiger partial charge is 0.383 e. The number of anilines is 1. The number of thiophene rings is 1. The number of methoxy groups -OCH3 is 1. The molecule has 0 aromatic carbocycles. The number of fused-ring (bicyclic) bond motifs is 1. The molecule has 1 amide bonds. The third kappa shape index (κ3) is 5.40. The number of rotatable bonds is 8. The van der Waals surface area contributed by atoms with Crippen LogP contribution in [0.2, 0.25) is 0 Å². The topological polar surface area (TPSA) is 103 Å². The Bertz CT molecular complexity index is 1180. The summed E-state index contributed by atoms with van der Waals surface area (Å²) in [5, 5.41) is 2.88. The van der Waals surface area contributed by atoms with Crippen LogP contribution >= 0.6 is 11.3 Å². The number of ether oxygens (including phenoxy) is 1. The molecule has 1 fully saturated rings. The summed E-state index contributed by atoms with van der Waals surface area (Å²) >= 11 is 1.63. The second-order valence-electron chi connectivity index (χ2n) is 8.13. The van der Waals surface area contributed by atoms with Crippen molar-refractivity contribution in [3.05, 3.63) is 50.5 Å². The normalized spacial score (nSPS) is 14.7. The van der Waals surface area contributed by atoms with E-state index in [0.717, 1.165) is 54.5 Å². The lowest BCUT2D eigenvalue weighted by Gasteiger charge is -2.36. The SMILES string of the molecule is CCc1nc2sc(CN3CCN(c4ccc(C)nc4C(=O)NCCOC)CC3)cc2[nH]c1=O. The number of amides is 1. The van der Waals surface area contributed by atoms with Crippen molar-refractivity contribution in [2.75, 3.05) is 51.3 Å². The molecule has 4 rings (SSSR count). The minimum atomic E-state index is -0.175. The number of nitrogens with one attached hydrogen (secondary N) is 2. The zero-order chi connectivity index (χ0) is 23.4. The Hall–Kier alpha value is -2.82. The third-order valence-electron chi connectivity index (χ3n) is 5.76. The minimum absolute atomic E-state index is 0.100. The molecule has 33 heavy (non-hydrogen) atoms. The molecule has 9 nitrogen and oxygen atoms in total. The van der Waals surface area contributed by atoms with Crippen LogP contribution in [0.25, 0.3) is 10.3 Å². The first-order chi connectivity index (χ1) is 16.0. The van der Waals surface area contributed by atoms with Gasteiger partial charge in [0.25, 0.3) is 11.5 Å². The molecular formula is C23H30N6O3S. The average molecular weight is 471 g/mol. The lowest BCUT2D eigenvalue weighted by Crippen LogP contribution is -2.46. The second kappa shape index (κ2) is 10.4. The number of hydrogen-bond acceptors (Lipinski definition) is 8. The first-order valence-electron chi connectivity index (χ1n) is 11.2. The summed E-state index contributed by atoms with van der Waals surface area (Å²) in [5.74, 6) is -0.175. The van der Waals surface area contributed by atoms with Gasteiger partial charge in [-0.15, -0.1) is 11.3 Å². The zero-order valence-electron chi connectivity index (χ0n) is 19.3. The summed E-state index contributed by atoms with van der Waals surface area (Å²) in [7, 11) is 1.61. The fourth-order valence-electron chi connectivity index (χ4n) is 3.98. The van der Waals surface area contributed by atoms with Crippen molar-refractivity contribution in [1.82, 2.24) is 25.2 Å². The van der Waals surface area contributed by atoms with Crippen LogP contribution in [0.4, 0.5) is 5.69 Å². The quantitative estimate of drug-likeness (QED) is 0.485. The molecule has 1 aliphatic rings. The number of carbonyl (C=O) groups excluding carboxylic acids is 1. The molecule has 0 spiro atoms. The second-order valence-corrected chi connectivity index (χ2v) is 9.25. The summed E-state index contributed by atoms with van der Waals surface area (Å²) in [6, 6.07) is 5.97. The van der Waals surface area contributed by atoms with E-state index in [-0.39, 0.29) is 11.5 Å². The molecule has 176 valence electrons.